The van der Waals surface area contributed by atoms with E-state index in [2.05, 4.69) is 10.1 Å². The number of hydrogen-bond acceptors (Lipinski definition) is 2. The van der Waals surface area contributed by atoms with Gasteiger partial charge in [0, 0.05) is 21.5 Å². The van der Waals surface area contributed by atoms with E-state index in [0.29, 0.717) is 10.5 Å². The van der Waals surface area contributed by atoms with Gasteiger partial charge in [0.1, 0.15) is 0 Å². The second kappa shape index (κ2) is 4.71. The van der Waals surface area contributed by atoms with Crippen LogP contribution in [-0.2, 0) is 0 Å². The second-order valence-electron chi connectivity index (χ2n) is 5.20. The van der Waals surface area contributed by atoms with E-state index in [4.69, 9.17) is 11.6 Å². The van der Waals surface area contributed by atoms with E-state index in [0.717, 1.165) is 27.7 Å². The Morgan fingerprint density at radius 3 is 2.45 bits per heavy atom. The number of aromatic nitrogens is 3. The van der Waals surface area contributed by atoms with E-state index in [1.807, 2.05) is 31.2 Å². The third-order valence-electron chi connectivity index (χ3n) is 3.82. The molecule has 0 spiro atoms. The van der Waals surface area contributed by atoms with Crippen LogP contribution in [0.25, 0.3) is 27.5 Å². The monoisotopic (exact) mass is 309 g/mol. The largest absolute Gasteiger partial charge is 0.297 e. The van der Waals surface area contributed by atoms with E-state index < -0.39 is 0 Å². The molecule has 22 heavy (non-hydrogen) atoms. The molecule has 0 fully saturated rings. The van der Waals surface area contributed by atoms with E-state index in [9.17, 15) is 4.79 Å². The fraction of sp³-hybridized carbons (Fsp3) is 0.0588. The van der Waals surface area contributed by atoms with Gasteiger partial charge in [-0.3, -0.25) is 9.89 Å². The van der Waals surface area contributed by atoms with Crippen LogP contribution in [0.1, 0.15) is 5.69 Å². The van der Waals surface area contributed by atoms with Crippen molar-refractivity contribution in [3.05, 3.63) is 69.6 Å². The van der Waals surface area contributed by atoms with Gasteiger partial charge in [0.15, 0.2) is 5.52 Å². The highest BCUT2D eigenvalue weighted by Crippen LogP contribution is 2.23. The molecule has 0 saturated heterocycles. The van der Waals surface area contributed by atoms with Crippen LogP contribution in [0, 0.1) is 6.92 Å². The Bertz CT molecular complexity index is 1060. The van der Waals surface area contributed by atoms with Gasteiger partial charge in [-0.25, -0.2) is 9.67 Å². The van der Waals surface area contributed by atoms with Gasteiger partial charge < -0.3 is 0 Å². The Morgan fingerprint density at radius 2 is 1.73 bits per heavy atom. The lowest BCUT2D eigenvalue weighted by molar-refractivity contribution is 0.864. The van der Waals surface area contributed by atoms with Crippen molar-refractivity contribution in [2.24, 2.45) is 0 Å². The molecule has 0 unspecified atom stereocenters. The molecule has 0 saturated carbocycles. The van der Waals surface area contributed by atoms with E-state index in [-0.39, 0.29) is 5.56 Å². The van der Waals surface area contributed by atoms with Gasteiger partial charge in [0.2, 0.25) is 0 Å². The number of H-pyrrole nitrogens is 1. The summed E-state index contributed by atoms with van der Waals surface area (Å²) in [5, 5.41) is 5.84. The Hall–Kier alpha value is -2.59. The van der Waals surface area contributed by atoms with Gasteiger partial charge in [-0.05, 0) is 31.2 Å². The second-order valence-corrected chi connectivity index (χ2v) is 5.63. The minimum atomic E-state index is -0.161. The van der Waals surface area contributed by atoms with Crippen molar-refractivity contribution < 1.29 is 0 Å². The Labute approximate surface area is 131 Å². The first kappa shape index (κ1) is 13.1. The molecule has 4 rings (SSSR count). The third kappa shape index (κ3) is 1.84. The SMILES string of the molecule is Cc1nc2c(=O)n(-c3ccc(Cl)cc3)[nH]c2c2ccccc12. The highest BCUT2D eigenvalue weighted by atomic mass is 35.5. The molecule has 0 aliphatic rings. The van der Waals surface area contributed by atoms with E-state index in [1.54, 1.807) is 24.3 Å². The van der Waals surface area contributed by atoms with Gasteiger partial charge in [-0.2, -0.15) is 0 Å². The van der Waals surface area contributed by atoms with Crippen LogP contribution >= 0.6 is 11.6 Å². The standard InChI is InChI=1S/C17H12ClN3O/c1-10-13-4-2-3-5-14(13)15-16(19-10)17(22)21(20-15)12-8-6-11(18)7-9-12/h2-9,20H,1H3. The first-order chi connectivity index (χ1) is 10.6. The zero-order valence-electron chi connectivity index (χ0n) is 11.8. The molecule has 0 amide bonds. The summed E-state index contributed by atoms with van der Waals surface area (Å²) in [5.74, 6) is 0. The molecular weight excluding hydrogens is 298 g/mol. The third-order valence-corrected chi connectivity index (χ3v) is 4.07. The van der Waals surface area contributed by atoms with Crippen LogP contribution in [-0.4, -0.2) is 14.8 Å². The number of benzene rings is 2. The minimum absolute atomic E-state index is 0.161. The highest BCUT2D eigenvalue weighted by Gasteiger charge is 2.13. The quantitative estimate of drug-likeness (QED) is 0.581. The molecule has 2 aromatic heterocycles. The molecule has 0 radical (unpaired) electrons. The number of rotatable bonds is 1. The van der Waals surface area contributed by atoms with Crippen LogP contribution in [0.2, 0.25) is 5.02 Å². The first-order valence-corrected chi connectivity index (χ1v) is 7.29. The predicted octanol–water partition coefficient (Wildman–Crippen LogP) is 3.83. The molecule has 0 bridgehead atoms. The zero-order chi connectivity index (χ0) is 15.3. The Kier molecular flexibility index (Phi) is 2.81. The Morgan fingerprint density at radius 1 is 1.05 bits per heavy atom. The van der Waals surface area contributed by atoms with Crippen molar-refractivity contribution >= 4 is 33.4 Å². The highest BCUT2D eigenvalue weighted by molar-refractivity contribution is 6.30. The maximum Gasteiger partial charge on any atom is 0.297 e. The summed E-state index contributed by atoms with van der Waals surface area (Å²) < 4.78 is 1.50. The normalized spacial score (nSPS) is 11.4. The number of fused-ring (bicyclic) bond motifs is 3. The molecule has 2 aromatic carbocycles. The maximum atomic E-state index is 12.6. The average molecular weight is 310 g/mol. The van der Waals surface area contributed by atoms with Gasteiger partial charge in [-0.1, -0.05) is 35.9 Å². The molecule has 1 N–H and O–H groups in total. The zero-order valence-corrected chi connectivity index (χ0v) is 12.6. The fourth-order valence-corrected chi connectivity index (χ4v) is 2.86. The minimum Gasteiger partial charge on any atom is -0.288 e. The molecule has 4 aromatic rings. The predicted molar refractivity (Wildman–Crippen MR) is 88.9 cm³/mol. The van der Waals surface area contributed by atoms with Gasteiger partial charge >= 0.3 is 0 Å². The molecule has 0 aliphatic carbocycles. The van der Waals surface area contributed by atoms with Crippen LogP contribution in [0.3, 0.4) is 0 Å². The molecule has 2 heterocycles. The van der Waals surface area contributed by atoms with Crippen molar-refractivity contribution in [3.63, 3.8) is 0 Å². The van der Waals surface area contributed by atoms with Crippen molar-refractivity contribution in [3.8, 4) is 5.69 Å². The smallest absolute Gasteiger partial charge is 0.288 e. The summed E-state index contributed by atoms with van der Waals surface area (Å²) in [7, 11) is 0. The van der Waals surface area contributed by atoms with Gasteiger partial charge in [-0.15, -0.1) is 0 Å². The molecule has 0 aliphatic heterocycles. The molecule has 108 valence electrons. The fourth-order valence-electron chi connectivity index (χ4n) is 2.74. The summed E-state index contributed by atoms with van der Waals surface area (Å²) in [4.78, 5) is 17.1. The number of halogens is 1. The van der Waals surface area contributed by atoms with Crippen molar-refractivity contribution in [2.45, 2.75) is 6.92 Å². The molecular formula is C17H12ClN3O. The first-order valence-electron chi connectivity index (χ1n) is 6.91. The maximum absolute atomic E-state index is 12.6. The van der Waals surface area contributed by atoms with Crippen LogP contribution < -0.4 is 5.56 Å². The van der Waals surface area contributed by atoms with Crippen molar-refractivity contribution in [1.29, 1.82) is 0 Å². The van der Waals surface area contributed by atoms with Gasteiger partial charge in [0.05, 0.1) is 11.2 Å². The summed E-state index contributed by atoms with van der Waals surface area (Å²) in [5.41, 5.74) is 2.62. The lowest BCUT2D eigenvalue weighted by atomic mass is 10.1. The number of nitrogens with zero attached hydrogens (tertiary/aromatic N) is 2. The molecule has 0 atom stereocenters. The number of hydrogen-bond donors (Lipinski definition) is 1. The van der Waals surface area contributed by atoms with Crippen LogP contribution in [0.5, 0.6) is 0 Å². The lowest BCUT2D eigenvalue weighted by Gasteiger charge is -2.02. The van der Waals surface area contributed by atoms with Gasteiger partial charge in [0.25, 0.3) is 5.56 Å². The molecule has 5 heteroatoms. The number of pyridine rings is 1. The number of aromatic amines is 1. The average Bonchev–Trinajstić information content (AvgIpc) is 2.86. The summed E-state index contributed by atoms with van der Waals surface area (Å²) in [6.45, 7) is 1.92. The summed E-state index contributed by atoms with van der Waals surface area (Å²) in [6.07, 6.45) is 0. The lowest BCUT2D eigenvalue weighted by Crippen LogP contribution is -2.14. The molecule has 4 nitrogen and oxygen atoms in total. The Balaban J connectivity index is 2.11. The number of nitrogens with one attached hydrogen (secondary N) is 1. The van der Waals surface area contributed by atoms with E-state index >= 15 is 0 Å². The topological polar surface area (TPSA) is 50.7 Å². The summed E-state index contributed by atoms with van der Waals surface area (Å²) >= 11 is 5.91. The van der Waals surface area contributed by atoms with Crippen LogP contribution in [0.4, 0.5) is 0 Å². The van der Waals surface area contributed by atoms with Crippen molar-refractivity contribution in [1.82, 2.24) is 14.8 Å². The van der Waals surface area contributed by atoms with Crippen molar-refractivity contribution in [2.75, 3.05) is 0 Å². The van der Waals surface area contributed by atoms with Crippen LogP contribution in [0.15, 0.2) is 53.3 Å². The summed E-state index contributed by atoms with van der Waals surface area (Å²) in [6, 6.07) is 15.0. The number of aryl methyl sites for hydroxylation is 1. The van der Waals surface area contributed by atoms with E-state index in [1.165, 1.54) is 4.68 Å².